The number of amides is 1. The van der Waals surface area contributed by atoms with Crippen molar-refractivity contribution in [3.05, 3.63) is 0 Å². The molecule has 0 aromatic rings. The lowest BCUT2D eigenvalue weighted by Crippen LogP contribution is -2.34. The number of rotatable bonds is 4. The van der Waals surface area contributed by atoms with E-state index in [-0.39, 0.29) is 36.2 Å². The van der Waals surface area contributed by atoms with Gasteiger partial charge in [0, 0.05) is 20.5 Å². The van der Waals surface area contributed by atoms with E-state index in [1.165, 1.54) is 11.3 Å². The Morgan fingerprint density at radius 2 is 1.84 bits per heavy atom. The average Bonchev–Trinajstić information content (AvgIpc) is 2.22. The molecule has 1 aliphatic rings. The summed E-state index contributed by atoms with van der Waals surface area (Å²) in [6, 6.07) is 0. The molecule has 2 atom stereocenters. The molecule has 19 heavy (non-hydrogen) atoms. The van der Waals surface area contributed by atoms with Gasteiger partial charge in [0.1, 0.15) is 6.10 Å². The maximum atomic E-state index is 11.8. The van der Waals surface area contributed by atoms with E-state index in [1.807, 2.05) is 0 Å². The fraction of sp³-hybridized carbons (Fsp3) is 0.867. The van der Waals surface area contributed by atoms with E-state index in [1.54, 1.807) is 14.1 Å². The van der Waals surface area contributed by atoms with Crippen molar-refractivity contribution in [3.63, 3.8) is 0 Å². The maximum absolute atomic E-state index is 11.8. The second-order valence-electron chi connectivity index (χ2n) is 6.81. The summed E-state index contributed by atoms with van der Waals surface area (Å²) in [6.07, 6.45) is 3.47. The minimum atomic E-state index is -0.245. The number of carbonyl (C=O) groups excluding carboxylic acids is 2. The Labute approximate surface area is 116 Å². The molecule has 1 aliphatic carbocycles. The van der Waals surface area contributed by atoms with Crippen LogP contribution in [-0.2, 0) is 14.3 Å². The predicted molar refractivity (Wildman–Crippen MR) is 74.6 cm³/mol. The van der Waals surface area contributed by atoms with Crippen molar-refractivity contribution < 1.29 is 14.3 Å². The molecule has 1 amide bonds. The number of carbonyl (C=O) groups is 2. The standard InChI is InChI=1S/C15H27NO3/c1-11-8-12(10-15(2,3)9-11)19-14(18)7-6-13(17)16(4)5/h11-12H,6-10H2,1-5H3. The Morgan fingerprint density at radius 1 is 1.21 bits per heavy atom. The van der Waals surface area contributed by atoms with Crippen LogP contribution in [0.5, 0.6) is 0 Å². The second-order valence-corrected chi connectivity index (χ2v) is 6.81. The van der Waals surface area contributed by atoms with Gasteiger partial charge in [-0.2, -0.15) is 0 Å². The first-order chi connectivity index (χ1) is 8.69. The van der Waals surface area contributed by atoms with Gasteiger partial charge in [-0.1, -0.05) is 20.8 Å². The van der Waals surface area contributed by atoms with E-state index in [2.05, 4.69) is 20.8 Å². The third kappa shape index (κ3) is 5.62. The van der Waals surface area contributed by atoms with Crippen LogP contribution in [-0.4, -0.2) is 37.0 Å². The third-order valence-corrected chi connectivity index (χ3v) is 3.69. The van der Waals surface area contributed by atoms with Crippen molar-refractivity contribution in [2.75, 3.05) is 14.1 Å². The highest BCUT2D eigenvalue weighted by Crippen LogP contribution is 2.39. The third-order valence-electron chi connectivity index (χ3n) is 3.69. The molecule has 0 N–H and O–H groups in total. The highest BCUT2D eigenvalue weighted by atomic mass is 16.5. The van der Waals surface area contributed by atoms with Crippen molar-refractivity contribution in [2.45, 2.75) is 59.0 Å². The van der Waals surface area contributed by atoms with Gasteiger partial charge < -0.3 is 9.64 Å². The van der Waals surface area contributed by atoms with Crippen molar-refractivity contribution >= 4 is 11.9 Å². The van der Waals surface area contributed by atoms with Gasteiger partial charge in [-0.05, 0) is 30.6 Å². The highest BCUT2D eigenvalue weighted by molar-refractivity contribution is 5.81. The second kappa shape index (κ2) is 6.40. The lowest BCUT2D eigenvalue weighted by molar-refractivity contribution is -0.154. The fourth-order valence-corrected chi connectivity index (χ4v) is 3.03. The summed E-state index contributed by atoms with van der Waals surface area (Å²) in [5, 5.41) is 0. The molecule has 0 aliphatic heterocycles. The van der Waals surface area contributed by atoms with Crippen LogP contribution in [0.25, 0.3) is 0 Å². The smallest absolute Gasteiger partial charge is 0.306 e. The molecule has 0 heterocycles. The summed E-state index contributed by atoms with van der Waals surface area (Å²) in [6.45, 7) is 6.65. The van der Waals surface area contributed by atoms with Gasteiger partial charge >= 0.3 is 5.97 Å². The normalized spacial score (nSPS) is 25.7. The zero-order valence-corrected chi connectivity index (χ0v) is 12.9. The molecule has 110 valence electrons. The van der Waals surface area contributed by atoms with Crippen molar-refractivity contribution in [1.82, 2.24) is 4.90 Å². The quantitative estimate of drug-likeness (QED) is 0.737. The number of hydrogen-bond acceptors (Lipinski definition) is 3. The first-order valence-corrected chi connectivity index (χ1v) is 7.09. The van der Waals surface area contributed by atoms with E-state index in [4.69, 9.17) is 4.74 Å². The number of hydrogen-bond donors (Lipinski definition) is 0. The Bertz CT molecular complexity index is 336. The van der Waals surface area contributed by atoms with Crippen LogP contribution in [0, 0.1) is 11.3 Å². The zero-order chi connectivity index (χ0) is 14.6. The predicted octanol–water partition coefficient (Wildman–Crippen LogP) is 2.61. The number of ether oxygens (including phenoxy) is 1. The lowest BCUT2D eigenvalue weighted by Gasteiger charge is -2.38. The van der Waals surface area contributed by atoms with Crippen LogP contribution < -0.4 is 0 Å². The Balaban J connectivity index is 2.38. The molecule has 0 spiro atoms. The van der Waals surface area contributed by atoms with Crippen molar-refractivity contribution in [3.8, 4) is 0 Å². The first kappa shape index (κ1) is 16.0. The minimum absolute atomic E-state index is 0.0145. The molecular weight excluding hydrogens is 242 g/mol. The summed E-state index contributed by atoms with van der Waals surface area (Å²) in [7, 11) is 3.39. The van der Waals surface area contributed by atoms with Gasteiger partial charge in [0.2, 0.25) is 5.91 Å². The van der Waals surface area contributed by atoms with Gasteiger partial charge in [0.15, 0.2) is 0 Å². The summed E-state index contributed by atoms with van der Waals surface area (Å²) in [5.41, 5.74) is 0.238. The molecule has 0 aromatic carbocycles. The summed E-state index contributed by atoms with van der Waals surface area (Å²) in [4.78, 5) is 24.7. The molecule has 0 radical (unpaired) electrons. The van der Waals surface area contributed by atoms with E-state index >= 15 is 0 Å². The van der Waals surface area contributed by atoms with Crippen LogP contribution in [0.4, 0.5) is 0 Å². The molecular formula is C15H27NO3. The lowest BCUT2D eigenvalue weighted by atomic mass is 9.71. The largest absolute Gasteiger partial charge is 0.462 e. The van der Waals surface area contributed by atoms with Crippen molar-refractivity contribution in [2.24, 2.45) is 11.3 Å². The van der Waals surface area contributed by atoms with Crippen LogP contribution in [0.1, 0.15) is 52.9 Å². The SMILES string of the molecule is CC1CC(OC(=O)CCC(=O)N(C)C)CC(C)(C)C1. The molecule has 0 bridgehead atoms. The molecule has 0 aromatic heterocycles. The Morgan fingerprint density at radius 3 is 2.37 bits per heavy atom. The van der Waals surface area contributed by atoms with Crippen LogP contribution >= 0.6 is 0 Å². The number of nitrogens with zero attached hydrogens (tertiary/aromatic N) is 1. The summed E-state index contributed by atoms with van der Waals surface area (Å²) < 4.78 is 5.52. The van der Waals surface area contributed by atoms with Crippen LogP contribution in [0.3, 0.4) is 0 Å². The van der Waals surface area contributed by atoms with E-state index < -0.39 is 0 Å². The molecule has 1 fully saturated rings. The molecule has 2 unspecified atom stereocenters. The molecule has 4 heteroatoms. The monoisotopic (exact) mass is 269 g/mol. The van der Waals surface area contributed by atoms with Crippen LogP contribution in [0.2, 0.25) is 0 Å². The maximum Gasteiger partial charge on any atom is 0.306 e. The van der Waals surface area contributed by atoms with Crippen molar-refractivity contribution in [1.29, 1.82) is 0 Å². The average molecular weight is 269 g/mol. The summed E-state index contributed by atoms with van der Waals surface area (Å²) >= 11 is 0. The Hall–Kier alpha value is -1.06. The van der Waals surface area contributed by atoms with E-state index in [0.717, 1.165) is 12.8 Å². The fourth-order valence-electron chi connectivity index (χ4n) is 3.03. The minimum Gasteiger partial charge on any atom is -0.462 e. The molecule has 4 nitrogen and oxygen atoms in total. The van der Waals surface area contributed by atoms with Crippen LogP contribution in [0.15, 0.2) is 0 Å². The highest BCUT2D eigenvalue weighted by Gasteiger charge is 2.33. The van der Waals surface area contributed by atoms with Gasteiger partial charge in [-0.15, -0.1) is 0 Å². The Kier molecular flexibility index (Phi) is 5.39. The number of esters is 1. The molecule has 0 saturated heterocycles. The van der Waals surface area contributed by atoms with Gasteiger partial charge in [0.25, 0.3) is 0 Å². The topological polar surface area (TPSA) is 46.6 Å². The molecule has 1 saturated carbocycles. The molecule has 1 rings (SSSR count). The van der Waals surface area contributed by atoms with Gasteiger partial charge in [-0.25, -0.2) is 0 Å². The first-order valence-electron chi connectivity index (χ1n) is 7.09. The van der Waals surface area contributed by atoms with Gasteiger partial charge in [-0.3, -0.25) is 9.59 Å². The van der Waals surface area contributed by atoms with E-state index in [9.17, 15) is 9.59 Å². The van der Waals surface area contributed by atoms with E-state index in [0.29, 0.717) is 5.92 Å². The zero-order valence-electron chi connectivity index (χ0n) is 12.9. The summed E-state index contributed by atoms with van der Waals surface area (Å²) in [5.74, 6) is 0.310. The van der Waals surface area contributed by atoms with Gasteiger partial charge in [0.05, 0.1) is 6.42 Å².